The summed E-state index contributed by atoms with van der Waals surface area (Å²) in [5, 5.41) is 5.23. The van der Waals surface area contributed by atoms with Crippen molar-refractivity contribution in [1.29, 1.82) is 0 Å². The van der Waals surface area contributed by atoms with E-state index >= 15 is 0 Å². The number of nitrogens with zero attached hydrogens (tertiary/aromatic N) is 1. The smallest absolute Gasteiger partial charge is 0.256 e. The van der Waals surface area contributed by atoms with E-state index in [-0.39, 0.29) is 0 Å². The first-order valence-corrected chi connectivity index (χ1v) is 5.18. The SMILES string of the molecule is CC(Cl)(Cl)C(=O)NCc1nccs1. The summed E-state index contributed by atoms with van der Waals surface area (Å²) in [5.41, 5.74) is 0. The van der Waals surface area contributed by atoms with Gasteiger partial charge < -0.3 is 5.32 Å². The van der Waals surface area contributed by atoms with Crippen molar-refractivity contribution in [3.8, 4) is 0 Å². The minimum Gasteiger partial charge on any atom is -0.347 e. The van der Waals surface area contributed by atoms with Crippen LogP contribution in [0.5, 0.6) is 0 Å². The van der Waals surface area contributed by atoms with Gasteiger partial charge >= 0.3 is 0 Å². The highest BCUT2D eigenvalue weighted by molar-refractivity contribution is 7.09. The first-order chi connectivity index (χ1) is 6.00. The highest BCUT2D eigenvalue weighted by atomic mass is 35.5. The van der Waals surface area contributed by atoms with Gasteiger partial charge in [-0.1, -0.05) is 23.2 Å². The zero-order chi connectivity index (χ0) is 9.90. The van der Waals surface area contributed by atoms with E-state index < -0.39 is 10.2 Å². The van der Waals surface area contributed by atoms with E-state index in [9.17, 15) is 4.79 Å². The topological polar surface area (TPSA) is 42.0 Å². The lowest BCUT2D eigenvalue weighted by atomic mass is 10.4. The Labute approximate surface area is 90.1 Å². The molecule has 13 heavy (non-hydrogen) atoms. The van der Waals surface area contributed by atoms with Gasteiger partial charge in [-0.2, -0.15) is 0 Å². The maximum Gasteiger partial charge on any atom is 0.256 e. The van der Waals surface area contributed by atoms with Crippen LogP contribution in [0.1, 0.15) is 11.9 Å². The van der Waals surface area contributed by atoms with Gasteiger partial charge in [0, 0.05) is 11.6 Å². The van der Waals surface area contributed by atoms with E-state index in [1.807, 2.05) is 5.38 Å². The van der Waals surface area contributed by atoms with Crippen molar-refractivity contribution < 1.29 is 4.79 Å². The average molecular weight is 239 g/mol. The lowest BCUT2D eigenvalue weighted by Crippen LogP contribution is -2.35. The van der Waals surface area contributed by atoms with E-state index in [1.54, 1.807) is 6.20 Å². The van der Waals surface area contributed by atoms with Crippen molar-refractivity contribution in [1.82, 2.24) is 10.3 Å². The fourth-order valence-corrected chi connectivity index (χ4v) is 1.34. The van der Waals surface area contributed by atoms with Crippen LogP contribution in [0.4, 0.5) is 0 Å². The maximum absolute atomic E-state index is 11.2. The predicted octanol–water partition coefficient (Wildman–Crippen LogP) is 1.95. The molecular formula is C7H8Cl2N2OS. The van der Waals surface area contributed by atoms with Crippen molar-refractivity contribution >= 4 is 40.4 Å². The van der Waals surface area contributed by atoms with Crippen molar-refractivity contribution in [3.63, 3.8) is 0 Å². The lowest BCUT2D eigenvalue weighted by Gasteiger charge is -2.11. The summed E-state index contributed by atoms with van der Waals surface area (Å²) in [7, 11) is 0. The van der Waals surface area contributed by atoms with E-state index in [4.69, 9.17) is 23.2 Å². The molecule has 3 nitrogen and oxygen atoms in total. The number of nitrogens with one attached hydrogen (secondary N) is 1. The monoisotopic (exact) mass is 238 g/mol. The third-order valence-corrected chi connectivity index (χ3v) is 2.41. The second-order valence-corrected chi connectivity index (χ2v) is 5.18. The van der Waals surface area contributed by atoms with Gasteiger partial charge in [0.05, 0.1) is 6.54 Å². The number of alkyl halides is 2. The van der Waals surface area contributed by atoms with Gasteiger partial charge in [0.2, 0.25) is 0 Å². The molecule has 0 unspecified atom stereocenters. The Balaban J connectivity index is 2.40. The first-order valence-electron chi connectivity index (χ1n) is 3.54. The molecule has 0 aliphatic heterocycles. The van der Waals surface area contributed by atoms with Crippen LogP contribution in [0.2, 0.25) is 0 Å². The highest BCUT2D eigenvalue weighted by Crippen LogP contribution is 2.19. The summed E-state index contributed by atoms with van der Waals surface area (Å²) in [6, 6.07) is 0. The van der Waals surface area contributed by atoms with E-state index in [0.29, 0.717) is 6.54 Å². The van der Waals surface area contributed by atoms with Gasteiger partial charge in [0.1, 0.15) is 5.01 Å². The number of amides is 1. The Hall–Kier alpha value is -0.320. The van der Waals surface area contributed by atoms with Crippen LogP contribution in [-0.2, 0) is 11.3 Å². The maximum atomic E-state index is 11.2. The molecule has 6 heteroatoms. The molecule has 1 heterocycles. The predicted molar refractivity (Wildman–Crippen MR) is 54.1 cm³/mol. The molecule has 0 saturated carbocycles. The van der Waals surface area contributed by atoms with Crippen LogP contribution in [-0.4, -0.2) is 15.2 Å². The second-order valence-electron chi connectivity index (χ2n) is 2.50. The second kappa shape index (κ2) is 4.26. The number of carbonyl (C=O) groups is 1. The van der Waals surface area contributed by atoms with Crippen LogP contribution in [0.15, 0.2) is 11.6 Å². The van der Waals surface area contributed by atoms with Gasteiger partial charge in [0.25, 0.3) is 5.91 Å². The van der Waals surface area contributed by atoms with Crippen LogP contribution >= 0.6 is 34.5 Å². The molecule has 0 bridgehead atoms. The molecule has 0 aliphatic carbocycles. The molecule has 0 radical (unpaired) electrons. The van der Waals surface area contributed by atoms with Crippen molar-refractivity contribution in [2.75, 3.05) is 0 Å². The molecule has 1 rings (SSSR count). The Morgan fingerprint density at radius 3 is 2.92 bits per heavy atom. The number of hydrogen-bond acceptors (Lipinski definition) is 3. The van der Waals surface area contributed by atoms with Gasteiger partial charge in [-0.3, -0.25) is 4.79 Å². The summed E-state index contributed by atoms with van der Waals surface area (Å²) < 4.78 is -1.38. The normalized spacial score (nSPS) is 11.3. The third-order valence-electron chi connectivity index (χ3n) is 1.28. The molecule has 0 atom stereocenters. The van der Waals surface area contributed by atoms with Gasteiger partial charge in [-0.15, -0.1) is 11.3 Å². The van der Waals surface area contributed by atoms with Crippen LogP contribution < -0.4 is 5.32 Å². The molecule has 1 aromatic rings. The largest absolute Gasteiger partial charge is 0.347 e. The molecule has 0 fully saturated rings. The number of aromatic nitrogens is 1. The Morgan fingerprint density at radius 1 is 1.77 bits per heavy atom. The average Bonchev–Trinajstić information content (AvgIpc) is 2.50. The number of halogens is 2. The standard InChI is InChI=1S/C7H8Cl2N2OS/c1-7(8,9)6(12)11-4-5-10-2-3-13-5/h2-3H,4H2,1H3,(H,11,12). The van der Waals surface area contributed by atoms with E-state index in [0.717, 1.165) is 5.01 Å². The molecule has 1 N–H and O–H groups in total. The summed E-state index contributed by atoms with van der Waals surface area (Å²) >= 11 is 12.6. The molecule has 1 amide bonds. The zero-order valence-electron chi connectivity index (χ0n) is 6.88. The Kier molecular flexibility index (Phi) is 3.53. The third kappa shape index (κ3) is 3.50. The molecule has 1 aromatic heterocycles. The number of thiazole rings is 1. The molecule has 0 aliphatic rings. The molecule has 0 aromatic carbocycles. The minimum atomic E-state index is -1.38. The summed E-state index contributed by atoms with van der Waals surface area (Å²) in [6.07, 6.45) is 1.67. The quantitative estimate of drug-likeness (QED) is 0.819. The highest BCUT2D eigenvalue weighted by Gasteiger charge is 2.26. The van der Waals surface area contributed by atoms with Gasteiger partial charge in [-0.05, 0) is 6.92 Å². The van der Waals surface area contributed by atoms with E-state index in [2.05, 4.69) is 10.3 Å². The Bertz CT molecular complexity index is 281. The first kappa shape index (κ1) is 10.8. The summed E-state index contributed by atoms with van der Waals surface area (Å²) in [5.74, 6) is -0.411. The number of hydrogen-bond donors (Lipinski definition) is 1. The lowest BCUT2D eigenvalue weighted by molar-refractivity contribution is -0.121. The number of carbonyl (C=O) groups excluding carboxylic acids is 1. The molecule has 0 saturated heterocycles. The number of rotatable bonds is 3. The minimum absolute atomic E-state index is 0.367. The van der Waals surface area contributed by atoms with Crippen molar-refractivity contribution in [2.24, 2.45) is 0 Å². The van der Waals surface area contributed by atoms with Crippen molar-refractivity contribution in [3.05, 3.63) is 16.6 Å². The summed E-state index contributed by atoms with van der Waals surface area (Å²) in [4.78, 5) is 15.1. The van der Waals surface area contributed by atoms with E-state index in [1.165, 1.54) is 18.3 Å². The van der Waals surface area contributed by atoms with Crippen LogP contribution in [0, 0.1) is 0 Å². The summed E-state index contributed by atoms with van der Waals surface area (Å²) in [6.45, 7) is 1.79. The van der Waals surface area contributed by atoms with Crippen LogP contribution in [0.25, 0.3) is 0 Å². The van der Waals surface area contributed by atoms with Crippen molar-refractivity contribution in [2.45, 2.75) is 17.8 Å². The zero-order valence-corrected chi connectivity index (χ0v) is 9.21. The van der Waals surface area contributed by atoms with Gasteiger partial charge in [-0.25, -0.2) is 4.98 Å². The molecular weight excluding hydrogens is 231 g/mol. The van der Waals surface area contributed by atoms with Gasteiger partial charge in [0.15, 0.2) is 4.33 Å². The molecule has 72 valence electrons. The fourth-order valence-electron chi connectivity index (χ4n) is 0.651. The molecule has 0 spiro atoms. The van der Waals surface area contributed by atoms with Crippen LogP contribution in [0.3, 0.4) is 0 Å². The fraction of sp³-hybridized carbons (Fsp3) is 0.429. The Morgan fingerprint density at radius 2 is 2.46 bits per heavy atom.